The van der Waals surface area contributed by atoms with E-state index in [0.29, 0.717) is 25.5 Å². The smallest absolute Gasteiger partial charge is 0.226 e. The highest BCUT2D eigenvalue weighted by atomic mass is 32.1. The highest BCUT2D eigenvalue weighted by Gasteiger charge is 2.20. The van der Waals surface area contributed by atoms with Gasteiger partial charge in [-0.05, 0) is 37.8 Å². The van der Waals surface area contributed by atoms with Gasteiger partial charge in [-0.3, -0.25) is 9.59 Å². The number of para-hydroxylation sites is 1. The predicted molar refractivity (Wildman–Crippen MR) is 115 cm³/mol. The van der Waals surface area contributed by atoms with Crippen LogP contribution in [0.1, 0.15) is 38.8 Å². The molecule has 0 spiro atoms. The molecule has 2 amide bonds. The fourth-order valence-corrected chi connectivity index (χ4v) is 4.40. The molecule has 29 heavy (non-hydrogen) atoms. The first-order valence-electron chi connectivity index (χ1n) is 10.3. The van der Waals surface area contributed by atoms with Crippen LogP contribution in [0.2, 0.25) is 0 Å². The van der Waals surface area contributed by atoms with Gasteiger partial charge in [-0.1, -0.05) is 19.1 Å². The molecule has 1 aromatic heterocycles. The molecule has 3 rings (SSSR count). The van der Waals surface area contributed by atoms with Crippen LogP contribution in [0.4, 0.5) is 0 Å². The second kappa shape index (κ2) is 10.4. The highest BCUT2D eigenvalue weighted by molar-refractivity contribution is 7.13. The van der Waals surface area contributed by atoms with Crippen LogP contribution in [-0.4, -0.2) is 47.9 Å². The van der Waals surface area contributed by atoms with E-state index in [1.165, 1.54) is 17.8 Å². The van der Waals surface area contributed by atoms with Crippen molar-refractivity contribution < 1.29 is 14.3 Å². The monoisotopic (exact) mass is 415 g/mol. The number of piperidine rings is 1. The summed E-state index contributed by atoms with van der Waals surface area (Å²) in [5, 5.41) is 5.59. The highest BCUT2D eigenvalue weighted by Crippen LogP contribution is 2.32. The van der Waals surface area contributed by atoms with Crippen molar-refractivity contribution in [1.29, 1.82) is 0 Å². The minimum Gasteiger partial charge on any atom is -0.493 e. The van der Waals surface area contributed by atoms with Gasteiger partial charge in [0.15, 0.2) is 0 Å². The lowest BCUT2D eigenvalue weighted by Crippen LogP contribution is -2.40. The Hall–Kier alpha value is -2.41. The van der Waals surface area contributed by atoms with Crippen LogP contribution in [-0.2, 0) is 16.0 Å². The van der Waals surface area contributed by atoms with Crippen LogP contribution >= 0.6 is 11.3 Å². The minimum absolute atomic E-state index is 0.111. The van der Waals surface area contributed by atoms with E-state index in [2.05, 4.69) is 17.2 Å². The Morgan fingerprint density at radius 1 is 1.34 bits per heavy atom. The normalized spacial score (nSPS) is 16.5. The van der Waals surface area contributed by atoms with Crippen LogP contribution in [0, 0.1) is 5.92 Å². The summed E-state index contributed by atoms with van der Waals surface area (Å²) < 4.78 is 5.67. The Morgan fingerprint density at radius 3 is 2.97 bits per heavy atom. The van der Waals surface area contributed by atoms with Crippen molar-refractivity contribution in [3.63, 3.8) is 0 Å². The maximum atomic E-state index is 12.3. The first-order chi connectivity index (χ1) is 14.1. The van der Waals surface area contributed by atoms with Crippen LogP contribution in [0.15, 0.2) is 29.6 Å². The van der Waals surface area contributed by atoms with E-state index in [1.54, 1.807) is 0 Å². The predicted octanol–water partition coefficient (Wildman–Crippen LogP) is 3.52. The number of carbonyl (C=O) groups excluding carboxylic acids is 2. The fourth-order valence-electron chi connectivity index (χ4n) is 3.55. The number of hydrogen-bond donors (Lipinski definition) is 1. The Balaban J connectivity index is 1.47. The topological polar surface area (TPSA) is 71.5 Å². The molecule has 2 heterocycles. The van der Waals surface area contributed by atoms with E-state index in [4.69, 9.17) is 4.74 Å². The Bertz CT molecular complexity index is 836. The number of likely N-dealkylation sites (tertiary alicyclic amines) is 1. The van der Waals surface area contributed by atoms with Crippen LogP contribution in [0.25, 0.3) is 10.6 Å². The average molecular weight is 416 g/mol. The minimum atomic E-state index is -0.111. The number of ether oxygens (including phenoxy) is 1. The van der Waals surface area contributed by atoms with E-state index in [0.717, 1.165) is 41.5 Å². The van der Waals surface area contributed by atoms with Crippen LogP contribution in [0.3, 0.4) is 0 Å². The zero-order valence-electron chi connectivity index (χ0n) is 17.1. The summed E-state index contributed by atoms with van der Waals surface area (Å²) >= 11 is 1.50. The molecule has 0 saturated carbocycles. The number of benzene rings is 1. The summed E-state index contributed by atoms with van der Waals surface area (Å²) in [5.74, 6) is 1.37. The molecular weight excluding hydrogens is 386 g/mol. The summed E-state index contributed by atoms with van der Waals surface area (Å²) in [6.45, 7) is 6.75. The van der Waals surface area contributed by atoms with Crippen molar-refractivity contribution in [3.8, 4) is 16.3 Å². The number of carbonyl (C=O) groups is 2. The molecule has 0 radical (unpaired) electrons. The number of hydrogen-bond acceptors (Lipinski definition) is 5. The summed E-state index contributed by atoms with van der Waals surface area (Å²) in [4.78, 5) is 31.0. The van der Waals surface area contributed by atoms with Crippen molar-refractivity contribution >= 4 is 23.2 Å². The standard InChI is InChI=1S/C22H29N3O3S/c1-3-28-19-9-5-4-8-18(19)22-24-17(15-29-22)13-20(26)23-11-10-21(27)25-12-6-7-16(2)14-25/h4-5,8-9,15-16H,3,6-7,10-14H2,1-2H3,(H,23,26). The summed E-state index contributed by atoms with van der Waals surface area (Å²) in [7, 11) is 0. The van der Waals surface area contributed by atoms with Gasteiger partial charge in [-0.2, -0.15) is 0 Å². The Morgan fingerprint density at radius 2 is 2.17 bits per heavy atom. The molecule has 0 bridgehead atoms. The molecule has 1 aromatic carbocycles. The Labute approximate surface area is 176 Å². The summed E-state index contributed by atoms with van der Waals surface area (Å²) in [5.41, 5.74) is 1.66. The molecule has 1 atom stereocenters. The maximum absolute atomic E-state index is 12.3. The SMILES string of the molecule is CCOc1ccccc1-c1nc(CC(=O)NCCC(=O)N2CCCC(C)C2)cs1. The van der Waals surface area contributed by atoms with Gasteiger partial charge in [0.25, 0.3) is 0 Å². The molecule has 6 nitrogen and oxygen atoms in total. The zero-order chi connectivity index (χ0) is 20.6. The van der Waals surface area contributed by atoms with E-state index in [9.17, 15) is 9.59 Å². The largest absolute Gasteiger partial charge is 0.493 e. The molecule has 7 heteroatoms. The van der Waals surface area contributed by atoms with E-state index < -0.39 is 0 Å². The van der Waals surface area contributed by atoms with Gasteiger partial charge in [0, 0.05) is 31.4 Å². The average Bonchev–Trinajstić information content (AvgIpc) is 3.16. The first-order valence-corrected chi connectivity index (χ1v) is 11.2. The molecule has 156 valence electrons. The number of rotatable bonds is 8. The molecule has 1 N–H and O–H groups in total. The van der Waals surface area contributed by atoms with Gasteiger partial charge in [0.05, 0.1) is 24.3 Å². The van der Waals surface area contributed by atoms with Crippen molar-refractivity contribution in [1.82, 2.24) is 15.2 Å². The molecule has 1 aliphatic rings. The van der Waals surface area contributed by atoms with Gasteiger partial charge in [0.1, 0.15) is 10.8 Å². The summed E-state index contributed by atoms with van der Waals surface area (Å²) in [6, 6.07) is 7.78. The first kappa shape index (κ1) is 21.3. The molecule has 1 unspecified atom stereocenters. The lowest BCUT2D eigenvalue weighted by atomic mass is 10.00. The quantitative estimate of drug-likeness (QED) is 0.716. The molecule has 0 aliphatic carbocycles. The molecular formula is C22H29N3O3S. The zero-order valence-corrected chi connectivity index (χ0v) is 18.0. The lowest BCUT2D eigenvalue weighted by molar-refractivity contribution is -0.132. The van der Waals surface area contributed by atoms with E-state index >= 15 is 0 Å². The van der Waals surface area contributed by atoms with E-state index in [-0.39, 0.29) is 18.2 Å². The fraction of sp³-hybridized carbons (Fsp3) is 0.500. The number of amides is 2. The second-order valence-electron chi connectivity index (χ2n) is 7.44. The summed E-state index contributed by atoms with van der Waals surface area (Å²) in [6.07, 6.45) is 2.81. The van der Waals surface area contributed by atoms with Crippen molar-refractivity contribution in [2.75, 3.05) is 26.2 Å². The number of nitrogens with zero attached hydrogens (tertiary/aromatic N) is 2. The third-order valence-electron chi connectivity index (χ3n) is 4.98. The van der Waals surface area contributed by atoms with Gasteiger partial charge in [-0.15, -0.1) is 11.3 Å². The molecule has 2 aromatic rings. The van der Waals surface area contributed by atoms with Crippen LogP contribution in [0.5, 0.6) is 5.75 Å². The lowest BCUT2D eigenvalue weighted by Gasteiger charge is -2.31. The van der Waals surface area contributed by atoms with Crippen molar-refractivity contribution in [2.24, 2.45) is 5.92 Å². The van der Waals surface area contributed by atoms with Gasteiger partial charge in [0.2, 0.25) is 11.8 Å². The third kappa shape index (κ3) is 6.03. The van der Waals surface area contributed by atoms with E-state index in [1.807, 2.05) is 41.5 Å². The molecule has 1 saturated heterocycles. The van der Waals surface area contributed by atoms with Gasteiger partial charge < -0.3 is 15.0 Å². The van der Waals surface area contributed by atoms with Gasteiger partial charge >= 0.3 is 0 Å². The molecule has 1 aliphatic heterocycles. The second-order valence-corrected chi connectivity index (χ2v) is 8.30. The number of aromatic nitrogens is 1. The Kier molecular flexibility index (Phi) is 7.63. The third-order valence-corrected chi connectivity index (χ3v) is 5.91. The van der Waals surface area contributed by atoms with Crippen molar-refractivity contribution in [3.05, 3.63) is 35.3 Å². The van der Waals surface area contributed by atoms with Crippen molar-refractivity contribution in [2.45, 2.75) is 39.5 Å². The number of thiazole rings is 1. The number of nitrogens with one attached hydrogen (secondary N) is 1. The van der Waals surface area contributed by atoms with Gasteiger partial charge in [-0.25, -0.2) is 4.98 Å². The van der Waals surface area contributed by atoms with Crippen LogP contribution < -0.4 is 10.1 Å². The maximum Gasteiger partial charge on any atom is 0.226 e. The molecule has 1 fully saturated rings.